The van der Waals surface area contributed by atoms with Crippen molar-refractivity contribution in [1.29, 1.82) is 0 Å². The highest BCUT2D eigenvalue weighted by Gasteiger charge is 2.38. The normalized spacial score (nSPS) is 28.6. The van der Waals surface area contributed by atoms with Crippen LogP contribution in [0.2, 0.25) is 0 Å². The van der Waals surface area contributed by atoms with E-state index in [1.807, 2.05) is 13.8 Å². The van der Waals surface area contributed by atoms with E-state index in [-0.39, 0.29) is 17.7 Å². The lowest BCUT2D eigenvalue weighted by Crippen LogP contribution is -2.48. The van der Waals surface area contributed by atoms with Crippen molar-refractivity contribution >= 4 is 0 Å². The zero-order valence-electron chi connectivity index (χ0n) is 11.9. The summed E-state index contributed by atoms with van der Waals surface area (Å²) in [6.07, 6.45) is -3.28. The van der Waals surface area contributed by atoms with Crippen molar-refractivity contribution in [1.82, 2.24) is 5.32 Å². The molecule has 0 saturated carbocycles. The van der Waals surface area contributed by atoms with Crippen molar-refractivity contribution in [2.45, 2.75) is 51.1 Å². The molecule has 0 radical (unpaired) electrons. The Labute approximate surface area is 117 Å². The first-order valence-corrected chi connectivity index (χ1v) is 6.79. The zero-order chi connectivity index (χ0) is 15.0. The van der Waals surface area contributed by atoms with Gasteiger partial charge in [0.1, 0.15) is 0 Å². The minimum Gasteiger partial charge on any atom is -0.377 e. The highest BCUT2D eigenvalue weighted by molar-refractivity contribution is 5.26. The van der Waals surface area contributed by atoms with E-state index in [0.717, 1.165) is 24.1 Å². The molecule has 2 rings (SSSR count). The molecule has 1 saturated heterocycles. The number of alkyl halides is 3. The maximum atomic E-state index is 12.5. The fourth-order valence-corrected chi connectivity index (χ4v) is 2.56. The van der Waals surface area contributed by atoms with Crippen molar-refractivity contribution in [3.05, 3.63) is 35.4 Å². The summed E-state index contributed by atoms with van der Waals surface area (Å²) in [5, 5.41) is 3.47. The molecular weight excluding hydrogens is 267 g/mol. The number of hydrogen-bond acceptors (Lipinski definition) is 2. The molecular formula is C15H20F3NO. The van der Waals surface area contributed by atoms with E-state index in [0.29, 0.717) is 6.61 Å². The first-order chi connectivity index (χ1) is 9.22. The lowest BCUT2D eigenvalue weighted by molar-refractivity contribution is -0.137. The summed E-state index contributed by atoms with van der Waals surface area (Å²) < 4.78 is 43.1. The van der Waals surface area contributed by atoms with E-state index in [1.54, 1.807) is 0 Å². The van der Waals surface area contributed by atoms with Crippen LogP contribution in [0.1, 0.15) is 44.4 Å². The lowest BCUT2D eigenvalue weighted by Gasteiger charge is -2.33. The largest absolute Gasteiger partial charge is 0.416 e. The molecule has 1 heterocycles. The predicted molar refractivity (Wildman–Crippen MR) is 71.4 cm³/mol. The van der Waals surface area contributed by atoms with E-state index in [9.17, 15) is 13.2 Å². The monoisotopic (exact) mass is 287 g/mol. The topological polar surface area (TPSA) is 21.3 Å². The third-order valence-corrected chi connectivity index (χ3v) is 4.17. The Balaban J connectivity index is 2.08. The van der Waals surface area contributed by atoms with Gasteiger partial charge in [0.15, 0.2) is 0 Å². The third-order valence-electron chi connectivity index (χ3n) is 4.17. The average Bonchev–Trinajstić information content (AvgIpc) is 2.68. The molecule has 1 aliphatic rings. The molecule has 1 aliphatic heterocycles. The van der Waals surface area contributed by atoms with Crippen LogP contribution < -0.4 is 5.32 Å². The summed E-state index contributed by atoms with van der Waals surface area (Å²) in [4.78, 5) is 0. The second kappa shape index (κ2) is 5.37. The first-order valence-electron chi connectivity index (χ1n) is 6.79. The molecule has 1 aromatic rings. The molecule has 1 N–H and O–H groups in total. The SMILES string of the molecule is CC(NC1(C)CCOC1C)c1ccc(C(F)(F)F)cc1. The van der Waals surface area contributed by atoms with Gasteiger partial charge in [0.05, 0.1) is 11.7 Å². The van der Waals surface area contributed by atoms with Gasteiger partial charge in [-0.15, -0.1) is 0 Å². The summed E-state index contributed by atoms with van der Waals surface area (Å²) in [6.45, 7) is 6.77. The molecule has 3 atom stereocenters. The standard InChI is InChI=1S/C15H20F3NO/c1-10(19-14(3)8-9-20-11(14)2)12-4-6-13(7-5-12)15(16,17)18/h4-7,10-11,19H,8-9H2,1-3H3. The van der Waals surface area contributed by atoms with Crippen LogP contribution in [0, 0.1) is 0 Å². The van der Waals surface area contributed by atoms with Gasteiger partial charge < -0.3 is 10.1 Å². The van der Waals surface area contributed by atoms with Crippen molar-refractivity contribution in [3.8, 4) is 0 Å². The quantitative estimate of drug-likeness (QED) is 0.909. The Kier molecular flexibility index (Phi) is 4.12. The van der Waals surface area contributed by atoms with Gasteiger partial charge in [0.2, 0.25) is 0 Å². The number of halogens is 3. The lowest BCUT2D eigenvalue weighted by atomic mass is 9.92. The molecule has 0 amide bonds. The van der Waals surface area contributed by atoms with Crippen LogP contribution in [0.25, 0.3) is 0 Å². The third kappa shape index (κ3) is 3.15. The second-order valence-corrected chi connectivity index (χ2v) is 5.67. The van der Waals surface area contributed by atoms with Crippen LogP contribution in [0.3, 0.4) is 0 Å². The van der Waals surface area contributed by atoms with Crippen molar-refractivity contribution in [2.75, 3.05) is 6.61 Å². The van der Waals surface area contributed by atoms with E-state index in [1.165, 1.54) is 12.1 Å². The van der Waals surface area contributed by atoms with Crippen molar-refractivity contribution in [3.63, 3.8) is 0 Å². The van der Waals surface area contributed by atoms with E-state index < -0.39 is 11.7 Å². The van der Waals surface area contributed by atoms with Gasteiger partial charge in [-0.2, -0.15) is 13.2 Å². The Hall–Kier alpha value is -1.07. The highest BCUT2D eigenvalue weighted by Crippen LogP contribution is 2.31. The number of nitrogens with one attached hydrogen (secondary N) is 1. The Morgan fingerprint density at radius 3 is 2.35 bits per heavy atom. The Morgan fingerprint density at radius 2 is 1.90 bits per heavy atom. The summed E-state index contributed by atoms with van der Waals surface area (Å²) >= 11 is 0. The van der Waals surface area contributed by atoms with Crippen LogP contribution in [0.4, 0.5) is 13.2 Å². The van der Waals surface area contributed by atoms with Gasteiger partial charge in [0, 0.05) is 18.2 Å². The van der Waals surface area contributed by atoms with Crippen LogP contribution in [-0.2, 0) is 10.9 Å². The summed E-state index contributed by atoms with van der Waals surface area (Å²) in [6, 6.07) is 5.30. The molecule has 1 fully saturated rings. The minimum absolute atomic E-state index is 0.0218. The zero-order valence-corrected chi connectivity index (χ0v) is 11.9. The smallest absolute Gasteiger partial charge is 0.377 e. The van der Waals surface area contributed by atoms with Crippen LogP contribution in [0.15, 0.2) is 24.3 Å². The predicted octanol–water partition coefficient (Wildman–Crippen LogP) is 3.92. The first kappa shape index (κ1) is 15.3. The number of rotatable bonds is 3. The van der Waals surface area contributed by atoms with Gasteiger partial charge in [-0.3, -0.25) is 0 Å². The van der Waals surface area contributed by atoms with Gasteiger partial charge in [-0.05, 0) is 44.9 Å². The Morgan fingerprint density at radius 1 is 1.30 bits per heavy atom. The highest BCUT2D eigenvalue weighted by atomic mass is 19.4. The Bertz CT molecular complexity index is 457. The fraction of sp³-hybridized carbons (Fsp3) is 0.600. The molecule has 2 nitrogen and oxygen atoms in total. The van der Waals surface area contributed by atoms with E-state index in [4.69, 9.17) is 4.74 Å². The fourth-order valence-electron chi connectivity index (χ4n) is 2.56. The molecule has 5 heteroatoms. The average molecular weight is 287 g/mol. The van der Waals surface area contributed by atoms with E-state index >= 15 is 0 Å². The number of benzene rings is 1. The second-order valence-electron chi connectivity index (χ2n) is 5.67. The molecule has 112 valence electrons. The number of ether oxygens (including phenoxy) is 1. The summed E-state index contributed by atoms with van der Waals surface area (Å²) in [7, 11) is 0. The van der Waals surface area contributed by atoms with Gasteiger partial charge in [-0.25, -0.2) is 0 Å². The van der Waals surface area contributed by atoms with Crippen molar-refractivity contribution < 1.29 is 17.9 Å². The molecule has 0 spiro atoms. The maximum absolute atomic E-state index is 12.5. The summed E-state index contributed by atoms with van der Waals surface area (Å²) in [5.74, 6) is 0. The summed E-state index contributed by atoms with van der Waals surface area (Å²) in [5.41, 5.74) is 0.0952. The molecule has 20 heavy (non-hydrogen) atoms. The van der Waals surface area contributed by atoms with Gasteiger partial charge in [-0.1, -0.05) is 12.1 Å². The van der Waals surface area contributed by atoms with Crippen molar-refractivity contribution in [2.24, 2.45) is 0 Å². The maximum Gasteiger partial charge on any atom is 0.416 e. The van der Waals surface area contributed by atoms with Crippen LogP contribution in [-0.4, -0.2) is 18.2 Å². The van der Waals surface area contributed by atoms with E-state index in [2.05, 4.69) is 12.2 Å². The molecule has 0 bridgehead atoms. The van der Waals surface area contributed by atoms with Crippen LogP contribution >= 0.6 is 0 Å². The molecule has 0 aliphatic carbocycles. The molecule has 1 aromatic carbocycles. The minimum atomic E-state index is -4.28. The van der Waals surface area contributed by atoms with Gasteiger partial charge >= 0.3 is 6.18 Å². The van der Waals surface area contributed by atoms with Gasteiger partial charge in [0.25, 0.3) is 0 Å². The molecule has 3 unspecified atom stereocenters. The van der Waals surface area contributed by atoms with Crippen LogP contribution in [0.5, 0.6) is 0 Å². The molecule has 0 aromatic heterocycles. The number of hydrogen-bond donors (Lipinski definition) is 1.